The quantitative estimate of drug-likeness (QED) is 0.373. The first-order valence-electron chi connectivity index (χ1n) is 13.9. The maximum Gasteiger partial charge on any atom is 0.324 e. The number of hydrogen-bond donors (Lipinski definition) is 4. The Balaban J connectivity index is 1.11. The number of carbonyl (C=O) groups is 5. The number of ketones is 3. The standard InChI is InChI=1S/C29H20Cl2N10O5/c30-12-3-7-14(8-4-12)32-27(45)36-25-17-19(43)21(34-23(17)38-40-25)29(11-1-2-16(29)42)22-20(44)18-24(35-22)39-41-26(18)37-28(46)33-15-9-5-13(31)6-10-15/h3-10,17,22H,1-2,11H2,(H2,33,37,46)(H2,32,36,40,45)/t17-,22+,29-/m0/s1. The lowest BCUT2D eigenvalue weighted by molar-refractivity contribution is -0.128. The molecule has 2 aromatic carbocycles. The Morgan fingerprint density at radius 3 is 2.02 bits per heavy atom. The number of fused-ring (bicyclic) bond motifs is 2. The summed E-state index contributed by atoms with van der Waals surface area (Å²) in [6.07, 6.45) is 0.593. The fraction of sp³-hybridized carbons (Fsp3) is 0.207. The highest BCUT2D eigenvalue weighted by atomic mass is 35.5. The van der Waals surface area contributed by atoms with Gasteiger partial charge in [0.05, 0.1) is 0 Å². The first-order valence-corrected chi connectivity index (χ1v) is 14.7. The summed E-state index contributed by atoms with van der Waals surface area (Å²) >= 11 is 11.8. The van der Waals surface area contributed by atoms with E-state index in [1.165, 1.54) is 0 Å². The smallest absolute Gasteiger partial charge is 0.308 e. The molecule has 230 valence electrons. The molecule has 0 aromatic heterocycles. The molecule has 1 fully saturated rings. The molecule has 4 N–H and O–H groups in total. The van der Waals surface area contributed by atoms with Gasteiger partial charge in [0.25, 0.3) is 0 Å². The number of hydrogen-bond acceptors (Lipinski definition) is 11. The number of anilines is 2. The van der Waals surface area contributed by atoms with Crippen molar-refractivity contribution in [3.05, 3.63) is 70.0 Å². The lowest BCUT2D eigenvalue weighted by Crippen LogP contribution is -2.51. The largest absolute Gasteiger partial charge is 0.324 e. The highest BCUT2D eigenvalue weighted by molar-refractivity contribution is 6.59. The van der Waals surface area contributed by atoms with Gasteiger partial charge < -0.3 is 10.6 Å². The van der Waals surface area contributed by atoms with Crippen LogP contribution in [0, 0.1) is 11.3 Å². The number of nitrogens with zero attached hydrogens (tertiary/aromatic N) is 6. The molecule has 4 amide bonds. The number of halogens is 2. The predicted octanol–water partition coefficient (Wildman–Crippen LogP) is 4.07. The Morgan fingerprint density at radius 1 is 0.783 bits per heavy atom. The van der Waals surface area contributed by atoms with Crippen LogP contribution >= 0.6 is 23.2 Å². The third-order valence-corrected chi connectivity index (χ3v) is 8.51. The minimum atomic E-state index is -1.70. The molecule has 46 heavy (non-hydrogen) atoms. The van der Waals surface area contributed by atoms with Crippen molar-refractivity contribution in [2.45, 2.75) is 25.3 Å². The van der Waals surface area contributed by atoms with Crippen LogP contribution in [-0.4, -0.2) is 58.7 Å². The molecule has 1 saturated carbocycles. The fourth-order valence-corrected chi connectivity index (χ4v) is 6.18. The number of urea groups is 2. The average molecular weight is 659 g/mol. The molecule has 2 aromatic rings. The molecule has 5 aliphatic rings. The molecule has 0 bridgehead atoms. The number of azo groups is 1. The average Bonchev–Trinajstić information content (AvgIpc) is 3.83. The third-order valence-electron chi connectivity index (χ3n) is 8.00. The molecule has 17 heteroatoms. The van der Waals surface area contributed by atoms with Crippen molar-refractivity contribution in [2.75, 3.05) is 10.6 Å². The van der Waals surface area contributed by atoms with Gasteiger partial charge in [-0.3, -0.25) is 30.0 Å². The zero-order valence-electron chi connectivity index (χ0n) is 23.4. The SMILES string of the molecule is O=C(NC1=NN=C2N=C([C@]3([C@@H]4N=C5N=NC(NC(=O)Nc6ccc(Cl)cc6)=C5C4=O)CCCC3=O)C(=O)[C@@H]21)Nc1ccc(Cl)cc1. The molecule has 4 aliphatic heterocycles. The molecule has 7 rings (SSSR count). The molecule has 0 radical (unpaired) electrons. The van der Waals surface area contributed by atoms with Crippen LogP contribution in [-0.2, 0) is 14.4 Å². The second kappa shape index (κ2) is 11.2. The van der Waals surface area contributed by atoms with Gasteiger partial charge in [-0.05, 0) is 61.4 Å². The van der Waals surface area contributed by atoms with Crippen LogP contribution in [0.25, 0.3) is 0 Å². The van der Waals surface area contributed by atoms with Crippen molar-refractivity contribution < 1.29 is 24.0 Å². The normalized spacial score (nSPS) is 24.3. The van der Waals surface area contributed by atoms with E-state index in [0.29, 0.717) is 27.8 Å². The number of nitrogens with one attached hydrogen (secondary N) is 4. The van der Waals surface area contributed by atoms with Gasteiger partial charge in [-0.15, -0.1) is 20.4 Å². The molecule has 0 spiro atoms. The van der Waals surface area contributed by atoms with E-state index in [4.69, 9.17) is 23.2 Å². The number of Topliss-reactive ketones (excluding diaryl/α,β-unsaturated/α-hetero) is 3. The fourth-order valence-electron chi connectivity index (χ4n) is 5.93. The second-order valence-corrected chi connectivity index (χ2v) is 11.6. The maximum absolute atomic E-state index is 13.9. The Hall–Kier alpha value is -5.41. The Morgan fingerprint density at radius 2 is 1.41 bits per heavy atom. The van der Waals surface area contributed by atoms with Crippen LogP contribution in [0.5, 0.6) is 0 Å². The lowest BCUT2D eigenvalue weighted by Gasteiger charge is -2.30. The predicted molar refractivity (Wildman–Crippen MR) is 167 cm³/mol. The van der Waals surface area contributed by atoms with Crippen molar-refractivity contribution in [1.82, 2.24) is 10.6 Å². The van der Waals surface area contributed by atoms with Crippen LogP contribution in [0.3, 0.4) is 0 Å². The summed E-state index contributed by atoms with van der Waals surface area (Å²) in [5.74, 6) is -3.14. The van der Waals surface area contributed by atoms with Gasteiger partial charge in [0.15, 0.2) is 34.9 Å². The van der Waals surface area contributed by atoms with Crippen molar-refractivity contribution in [2.24, 2.45) is 41.7 Å². The van der Waals surface area contributed by atoms with E-state index in [1.807, 2.05) is 0 Å². The number of aliphatic imine (C=N–C) groups is 2. The van der Waals surface area contributed by atoms with Crippen LogP contribution in [0.15, 0.2) is 90.3 Å². The van der Waals surface area contributed by atoms with E-state index in [-0.39, 0.29) is 53.2 Å². The number of benzene rings is 2. The molecule has 3 atom stereocenters. The monoisotopic (exact) mass is 658 g/mol. The molecular weight excluding hydrogens is 639 g/mol. The Kier molecular flexibility index (Phi) is 7.13. The van der Waals surface area contributed by atoms with Crippen molar-refractivity contribution in [3.63, 3.8) is 0 Å². The summed E-state index contributed by atoms with van der Waals surface area (Å²) in [6.45, 7) is 0. The number of carbonyl (C=O) groups excluding carboxylic acids is 5. The van der Waals surface area contributed by atoms with Gasteiger partial charge in [0.1, 0.15) is 34.4 Å². The number of rotatable bonds is 5. The summed E-state index contributed by atoms with van der Waals surface area (Å²) < 4.78 is 0. The van der Waals surface area contributed by atoms with Gasteiger partial charge in [-0.1, -0.05) is 23.2 Å². The third kappa shape index (κ3) is 4.89. The van der Waals surface area contributed by atoms with E-state index in [2.05, 4.69) is 51.7 Å². The zero-order chi connectivity index (χ0) is 32.2. The van der Waals surface area contributed by atoms with E-state index < -0.39 is 41.0 Å². The zero-order valence-corrected chi connectivity index (χ0v) is 24.9. The highest BCUT2D eigenvalue weighted by Crippen LogP contribution is 2.47. The Bertz CT molecular complexity index is 1950. The number of amidine groups is 3. The molecule has 15 nitrogen and oxygen atoms in total. The van der Waals surface area contributed by atoms with Gasteiger partial charge in [0.2, 0.25) is 0 Å². The minimum Gasteiger partial charge on any atom is -0.308 e. The summed E-state index contributed by atoms with van der Waals surface area (Å²) in [7, 11) is 0. The van der Waals surface area contributed by atoms with E-state index >= 15 is 0 Å². The van der Waals surface area contributed by atoms with Gasteiger partial charge in [-0.2, -0.15) is 0 Å². The van der Waals surface area contributed by atoms with Crippen molar-refractivity contribution in [1.29, 1.82) is 0 Å². The second-order valence-electron chi connectivity index (χ2n) is 10.8. The number of amides is 4. The van der Waals surface area contributed by atoms with Gasteiger partial charge in [-0.25, -0.2) is 14.6 Å². The molecule has 0 saturated heterocycles. The molecule has 1 aliphatic carbocycles. The summed E-state index contributed by atoms with van der Waals surface area (Å²) in [5, 5.41) is 26.9. The highest BCUT2D eigenvalue weighted by Gasteiger charge is 2.63. The first kappa shape index (κ1) is 29.3. The van der Waals surface area contributed by atoms with Crippen molar-refractivity contribution >= 4 is 87.2 Å². The summed E-state index contributed by atoms with van der Waals surface area (Å²) in [5.41, 5.74) is -1.08. The van der Waals surface area contributed by atoms with Crippen molar-refractivity contribution in [3.8, 4) is 0 Å². The van der Waals surface area contributed by atoms with E-state index in [1.54, 1.807) is 48.5 Å². The first-order chi connectivity index (χ1) is 22.1. The Labute approximate surface area is 269 Å². The lowest BCUT2D eigenvalue weighted by atomic mass is 9.70. The van der Waals surface area contributed by atoms with Crippen LogP contribution in [0.1, 0.15) is 19.3 Å². The van der Waals surface area contributed by atoms with Gasteiger partial charge >= 0.3 is 12.1 Å². The van der Waals surface area contributed by atoms with E-state index in [9.17, 15) is 24.0 Å². The molecular formula is C29H20Cl2N10O5. The molecule has 0 unspecified atom stereocenters. The van der Waals surface area contributed by atoms with Gasteiger partial charge in [0, 0.05) is 27.8 Å². The summed E-state index contributed by atoms with van der Waals surface area (Å²) in [6, 6.07) is 9.98. The maximum atomic E-state index is 13.9. The van der Waals surface area contributed by atoms with Crippen LogP contribution in [0.2, 0.25) is 10.0 Å². The molecule has 4 heterocycles. The topological polar surface area (TPSA) is 208 Å². The van der Waals surface area contributed by atoms with Crippen LogP contribution < -0.4 is 21.3 Å². The summed E-state index contributed by atoms with van der Waals surface area (Å²) in [4.78, 5) is 75.6. The minimum absolute atomic E-state index is 0.0145. The van der Waals surface area contributed by atoms with E-state index in [0.717, 1.165) is 0 Å². The van der Waals surface area contributed by atoms with Crippen LogP contribution in [0.4, 0.5) is 21.0 Å².